The Morgan fingerprint density at radius 1 is 1.53 bits per heavy atom. The fourth-order valence-electron chi connectivity index (χ4n) is 1.32. The van der Waals surface area contributed by atoms with Crippen LogP contribution in [0.3, 0.4) is 0 Å². The minimum Gasteiger partial charge on any atom is -0.479 e. The molecular formula is C11H15NO3. The van der Waals surface area contributed by atoms with Gasteiger partial charge in [-0.05, 0) is 31.0 Å². The van der Waals surface area contributed by atoms with Crippen molar-refractivity contribution in [3.8, 4) is 5.75 Å². The van der Waals surface area contributed by atoms with Crippen LogP contribution in [0.25, 0.3) is 0 Å². The Labute approximate surface area is 88.7 Å². The van der Waals surface area contributed by atoms with Crippen molar-refractivity contribution in [1.29, 1.82) is 0 Å². The maximum absolute atomic E-state index is 10.7. The molecule has 1 atom stereocenters. The van der Waals surface area contributed by atoms with Crippen LogP contribution in [0.1, 0.15) is 18.9 Å². The predicted octanol–water partition coefficient (Wildman–Crippen LogP) is 1.82. The second-order valence-corrected chi connectivity index (χ2v) is 3.43. The summed E-state index contributed by atoms with van der Waals surface area (Å²) in [5.41, 5.74) is 7.15. The maximum Gasteiger partial charge on any atom is 0.344 e. The van der Waals surface area contributed by atoms with Crippen molar-refractivity contribution in [3.63, 3.8) is 0 Å². The molecule has 0 fully saturated rings. The zero-order chi connectivity index (χ0) is 11.4. The molecule has 0 aliphatic heterocycles. The highest BCUT2D eigenvalue weighted by Gasteiger charge is 2.16. The molecule has 0 saturated carbocycles. The molecule has 0 spiro atoms. The van der Waals surface area contributed by atoms with Crippen molar-refractivity contribution in [3.05, 3.63) is 23.8 Å². The summed E-state index contributed by atoms with van der Waals surface area (Å²) in [5.74, 6) is -0.459. The van der Waals surface area contributed by atoms with Gasteiger partial charge >= 0.3 is 5.97 Å². The van der Waals surface area contributed by atoms with Gasteiger partial charge < -0.3 is 15.6 Å². The molecule has 0 bridgehead atoms. The monoisotopic (exact) mass is 209 g/mol. The molecule has 1 rings (SSSR count). The average molecular weight is 209 g/mol. The van der Waals surface area contributed by atoms with Crippen molar-refractivity contribution >= 4 is 11.7 Å². The number of rotatable bonds is 4. The lowest BCUT2D eigenvalue weighted by Gasteiger charge is -2.13. The quantitative estimate of drug-likeness (QED) is 0.742. The van der Waals surface area contributed by atoms with Crippen LogP contribution in [0.15, 0.2) is 18.2 Å². The molecule has 1 unspecified atom stereocenters. The number of anilines is 1. The minimum absolute atomic E-state index is 0.420. The Hall–Kier alpha value is -1.71. The van der Waals surface area contributed by atoms with Crippen molar-refractivity contribution in [1.82, 2.24) is 0 Å². The van der Waals surface area contributed by atoms with Gasteiger partial charge in [0, 0.05) is 11.8 Å². The highest BCUT2D eigenvalue weighted by Crippen LogP contribution is 2.20. The standard InChI is InChI=1S/C11H15NO3/c1-3-10(11(13)14)15-9-5-7(2)4-8(12)6-9/h4-6,10H,3,12H2,1-2H3,(H,13,14). The number of ether oxygens (including phenoxy) is 1. The molecule has 0 saturated heterocycles. The van der Waals surface area contributed by atoms with Gasteiger partial charge in [0.1, 0.15) is 5.75 Å². The maximum atomic E-state index is 10.7. The lowest BCUT2D eigenvalue weighted by molar-refractivity contribution is -0.145. The summed E-state index contributed by atoms with van der Waals surface area (Å²) in [7, 11) is 0. The molecular weight excluding hydrogens is 194 g/mol. The fourth-order valence-corrected chi connectivity index (χ4v) is 1.32. The highest BCUT2D eigenvalue weighted by atomic mass is 16.5. The fraction of sp³-hybridized carbons (Fsp3) is 0.364. The second-order valence-electron chi connectivity index (χ2n) is 3.43. The van der Waals surface area contributed by atoms with Gasteiger partial charge in [0.15, 0.2) is 6.10 Å². The van der Waals surface area contributed by atoms with Gasteiger partial charge in [0.2, 0.25) is 0 Å². The average Bonchev–Trinajstić information content (AvgIpc) is 2.12. The SMILES string of the molecule is CCC(Oc1cc(C)cc(N)c1)C(=O)O. The molecule has 0 heterocycles. The number of hydrogen-bond donors (Lipinski definition) is 2. The summed E-state index contributed by atoms with van der Waals surface area (Å²) in [4.78, 5) is 10.7. The van der Waals surface area contributed by atoms with Gasteiger partial charge in [-0.1, -0.05) is 6.92 Å². The number of carboxylic acid groups (broad SMARTS) is 1. The molecule has 3 N–H and O–H groups in total. The number of carbonyl (C=O) groups is 1. The van der Waals surface area contributed by atoms with Gasteiger partial charge in [0.05, 0.1) is 0 Å². The minimum atomic E-state index is -0.961. The van der Waals surface area contributed by atoms with Crippen LogP contribution < -0.4 is 10.5 Å². The van der Waals surface area contributed by atoms with E-state index in [1.807, 2.05) is 6.92 Å². The van der Waals surface area contributed by atoms with E-state index in [0.29, 0.717) is 17.9 Å². The van der Waals surface area contributed by atoms with E-state index in [1.165, 1.54) is 0 Å². The number of hydrogen-bond acceptors (Lipinski definition) is 3. The molecule has 0 aliphatic carbocycles. The van der Waals surface area contributed by atoms with Crippen LogP contribution in [-0.2, 0) is 4.79 Å². The van der Waals surface area contributed by atoms with E-state index < -0.39 is 12.1 Å². The van der Waals surface area contributed by atoms with Crippen LogP contribution in [0.2, 0.25) is 0 Å². The van der Waals surface area contributed by atoms with E-state index >= 15 is 0 Å². The van der Waals surface area contributed by atoms with Crippen LogP contribution >= 0.6 is 0 Å². The third-order valence-electron chi connectivity index (χ3n) is 2.00. The van der Waals surface area contributed by atoms with Gasteiger partial charge in [-0.25, -0.2) is 4.79 Å². The van der Waals surface area contributed by atoms with Crippen LogP contribution in [0.4, 0.5) is 5.69 Å². The summed E-state index contributed by atoms with van der Waals surface area (Å²) in [6, 6.07) is 5.19. The third-order valence-corrected chi connectivity index (χ3v) is 2.00. The molecule has 4 nitrogen and oxygen atoms in total. The zero-order valence-corrected chi connectivity index (χ0v) is 8.86. The molecule has 1 aromatic carbocycles. The van der Waals surface area contributed by atoms with E-state index in [9.17, 15) is 4.79 Å². The first kappa shape index (κ1) is 11.4. The summed E-state index contributed by atoms with van der Waals surface area (Å²) < 4.78 is 5.31. The molecule has 0 aromatic heterocycles. The number of aryl methyl sites for hydroxylation is 1. The predicted molar refractivity (Wildman–Crippen MR) is 57.9 cm³/mol. The zero-order valence-electron chi connectivity index (χ0n) is 8.86. The number of nitrogen functional groups attached to an aromatic ring is 1. The first-order valence-corrected chi connectivity index (χ1v) is 4.79. The molecule has 0 aliphatic rings. The van der Waals surface area contributed by atoms with E-state index in [2.05, 4.69) is 0 Å². The third kappa shape index (κ3) is 3.16. The van der Waals surface area contributed by atoms with Crippen molar-refractivity contribution in [2.24, 2.45) is 0 Å². The summed E-state index contributed by atoms with van der Waals surface area (Å²) >= 11 is 0. The molecule has 0 amide bonds. The highest BCUT2D eigenvalue weighted by molar-refractivity contribution is 5.72. The van der Waals surface area contributed by atoms with Crippen molar-refractivity contribution < 1.29 is 14.6 Å². The van der Waals surface area contributed by atoms with Crippen molar-refractivity contribution in [2.45, 2.75) is 26.4 Å². The normalized spacial score (nSPS) is 12.1. The summed E-state index contributed by atoms with van der Waals surface area (Å²) in [6.45, 7) is 3.64. The van der Waals surface area contributed by atoms with Gasteiger partial charge in [0.25, 0.3) is 0 Å². The van der Waals surface area contributed by atoms with Crippen LogP contribution in [0.5, 0.6) is 5.75 Å². The Morgan fingerprint density at radius 3 is 2.67 bits per heavy atom. The molecule has 82 valence electrons. The summed E-state index contributed by atoms with van der Waals surface area (Å²) in [5, 5.41) is 8.82. The largest absolute Gasteiger partial charge is 0.479 e. The Kier molecular flexibility index (Phi) is 3.55. The second kappa shape index (κ2) is 4.68. The Bertz CT molecular complexity index is 343. The number of carboxylic acids is 1. The summed E-state index contributed by atoms with van der Waals surface area (Å²) in [6.07, 6.45) is -0.394. The van der Waals surface area contributed by atoms with Crippen LogP contribution in [-0.4, -0.2) is 17.2 Å². The van der Waals surface area contributed by atoms with E-state index in [4.69, 9.17) is 15.6 Å². The van der Waals surface area contributed by atoms with E-state index in [-0.39, 0.29) is 0 Å². The molecule has 4 heteroatoms. The lowest BCUT2D eigenvalue weighted by Crippen LogP contribution is -2.25. The van der Waals surface area contributed by atoms with E-state index in [0.717, 1.165) is 5.56 Å². The topological polar surface area (TPSA) is 72.5 Å². The number of aliphatic carboxylic acids is 1. The van der Waals surface area contributed by atoms with Crippen molar-refractivity contribution in [2.75, 3.05) is 5.73 Å². The van der Waals surface area contributed by atoms with Gasteiger partial charge in [-0.3, -0.25) is 0 Å². The smallest absolute Gasteiger partial charge is 0.344 e. The lowest BCUT2D eigenvalue weighted by atomic mass is 10.2. The number of benzene rings is 1. The molecule has 1 aromatic rings. The first-order valence-electron chi connectivity index (χ1n) is 4.79. The first-order chi connectivity index (χ1) is 7.02. The van der Waals surface area contributed by atoms with Gasteiger partial charge in [-0.2, -0.15) is 0 Å². The number of nitrogens with two attached hydrogens (primary N) is 1. The Balaban J connectivity index is 2.83. The van der Waals surface area contributed by atoms with E-state index in [1.54, 1.807) is 25.1 Å². The van der Waals surface area contributed by atoms with Crippen LogP contribution in [0, 0.1) is 6.92 Å². The van der Waals surface area contributed by atoms with Gasteiger partial charge in [-0.15, -0.1) is 0 Å². The Morgan fingerprint density at radius 2 is 2.20 bits per heavy atom. The molecule has 0 radical (unpaired) electrons. The molecule has 15 heavy (non-hydrogen) atoms.